The van der Waals surface area contributed by atoms with Gasteiger partial charge in [-0.2, -0.15) is 0 Å². The van der Waals surface area contributed by atoms with E-state index in [4.69, 9.17) is 4.74 Å². The Labute approximate surface area is 168 Å². The summed E-state index contributed by atoms with van der Waals surface area (Å²) in [7, 11) is 0. The van der Waals surface area contributed by atoms with Crippen LogP contribution < -0.4 is 10.7 Å². The minimum Gasteiger partial charge on any atom is -0.461 e. The standard InChI is InChI=1S/C22H23N3O4/c1-3-25-13-18(20(27)17-10-9-15(2)24-21(17)25)22(28)23-12-11-19(26)29-14-16-7-5-4-6-8-16/h4-10,13H,3,11-12,14H2,1-2H3,(H,23,28). The molecular weight excluding hydrogens is 370 g/mol. The Balaban J connectivity index is 1.63. The molecule has 3 rings (SSSR count). The van der Waals surface area contributed by atoms with E-state index in [1.54, 1.807) is 16.7 Å². The third-order valence-electron chi connectivity index (χ3n) is 4.50. The number of carbonyl (C=O) groups is 2. The SMILES string of the molecule is CCn1cc(C(=O)NCCC(=O)OCc2ccccc2)c(=O)c2ccc(C)nc21. The first-order valence-electron chi connectivity index (χ1n) is 9.48. The highest BCUT2D eigenvalue weighted by molar-refractivity contribution is 5.97. The molecular formula is C22H23N3O4. The van der Waals surface area contributed by atoms with E-state index in [9.17, 15) is 14.4 Å². The van der Waals surface area contributed by atoms with Crippen molar-refractivity contribution in [2.75, 3.05) is 6.54 Å². The number of pyridine rings is 2. The van der Waals surface area contributed by atoms with E-state index in [1.807, 2.05) is 44.2 Å². The van der Waals surface area contributed by atoms with E-state index < -0.39 is 11.9 Å². The van der Waals surface area contributed by atoms with Crippen LogP contribution in [0.2, 0.25) is 0 Å². The zero-order chi connectivity index (χ0) is 20.8. The minimum atomic E-state index is -0.518. The van der Waals surface area contributed by atoms with Crippen LogP contribution in [0.1, 0.15) is 35.0 Å². The molecule has 2 aromatic heterocycles. The zero-order valence-electron chi connectivity index (χ0n) is 16.5. The summed E-state index contributed by atoms with van der Waals surface area (Å²) in [6.45, 7) is 4.60. The van der Waals surface area contributed by atoms with Gasteiger partial charge in [-0.3, -0.25) is 14.4 Å². The highest BCUT2D eigenvalue weighted by Crippen LogP contribution is 2.11. The topological polar surface area (TPSA) is 90.3 Å². The molecule has 0 radical (unpaired) electrons. The largest absolute Gasteiger partial charge is 0.461 e. The Kier molecular flexibility index (Phi) is 6.39. The van der Waals surface area contributed by atoms with Crippen LogP contribution in [0.5, 0.6) is 0 Å². The van der Waals surface area contributed by atoms with Gasteiger partial charge in [0.05, 0.1) is 11.8 Å². The number of hydrogen-bond donors (Lipinski definition) is 1. The molecule has 150 valence electrons. The monoisotopic (exact) mass is 393 g/mol. The van der Waals surface area contributed by atoms with Gasteiger partial charge in [0.15, 0.2) is 0 Å². The van der Waals surface area contributed by atoms with Gasteiger partial charge in [-0.05, 0) is 31.5 Å². The van der Waals surface area contributed by atoms with Gasteiger partial charge < -0.3 is 14.6 Å². The predicted molar refractivity (Wildman–Crippen MR) is 110 cm³/mol. The normalized spacial score (nSPS) is 10.7. The molecule has 0 atom stereocenters. The third-order valence-corrected chi connectivity index (χ3v) is 4.50. The second-order valence-electron chi connectivity index (χ2n) is 6.63. The molecule has 0 fully saturated rings. The highest BCUT2D eigenvalue weighted by atomic mass is 16.5. The van der Waals surface area contributed by atoms with Gasteiger partial charge in [0.2, 0.25) is 5.43 Å². The van der Waals surface area contributed by atoms with Crippen molar-refractivity contribution in [3.8, 4) is 0 Å². The van der Waals surface area contributed by atoms with Crippen molar-refractivity contribution in [1.82, 2.24) is 14.9 Å². The van der Waals surface area contributed by atoms with Crippen LogP contribution in [-0.2, 0) is 22.7 Å². The predicted octanol–water partition coefficient (Wildman–Crippen LogP) is 2.59. The number of carbonyl (C=O) groups excluding carboxylic acids is 2. The summed E-state index contributed by atoms with van der Waals surface area (Å²) in [5.41, 5.74) is 1.90. The summed E-state index contributed by atoms with van der Waals surface area (Å²) in [5.74, 6) is -0.936. The van der Waals surface area contributed by atoms with Crippen molar-refractivity contribution in [2.24, 2.45) is 0 Å². The molecule has 0 aliphatic heterocycles. The smallest absolute Gasteiger partial charge is 0.307 e. The van der Waals surface area contributed by atoms with Crippen molar-refractivity contribution in [1.29, 1.82) is 0 Å². The first-order chi connectivity index (χ1) is 14.0. The maximum atomic E-state index is 12.7. The summed E-state index contributed by atoms with van der Waals surface area (Å²) in [4.78, 5) is 41.5. The van der Waals surface area contributed by atoms with E-state index >= 15 is 0 Å². The molecule has 2 heterocycles. The summed E-state index contributed by atoms with van der Waals surface area (Å²) >= 11 is 0. The molecule has 0 aliphatic rings. The van der Waals surface area contributed by atoms with Crippen molar-refractivity contribution >= 4 is 22.9 Å². The maximum Gasteiger partial charge on any atom is 0.307 e. The second kappa shape index (κ2) is 9.14. The molecule has 7 heteroatoms. The molecule has 0 spiro atoms. The molecule has 0 aliphatic carbocycles. The number of rotatable bonds is 7. The number of fused-ring (bicyclic) bond motifs is 1. The molecule has 0 saturated carbocycles. The van der Waals surface area contributed by atoms with Crippen LogP contribution in [-0.4, -0.2) is 28.0 Å². The average Bonchev–Trinajstić information content (AvgIpc) is 2.73. The van der Waals surface area contributed by atoms with E-state index in [-0.39, 0.29) is 30.6 Å². The van der Waals surface area contributed by atoms with Gasteiger partial charge in [-0.15, -0.1) is 0 Å². The molecule has 29 heavy (non-hydrogen) atoms. The van der Waals surface area contributed by atoms with Crippen LogP contribution >= 0.6 is 0 Å². The Morgan fingerprint density at radius 3 is 2.62 bits per heavy atom. The lowest BCUT2D eigenvalue weighted by Crippen LogP contribution is -2.31. The quantitative estimate of drug-likeness (QED) is 0.623. The fourth-order valence-corrected chi connectivity index (χ4v) is 2.95. The minimum absolute atomic E-state index is 0.0227. The number of nitrogens with one attached hydrogen (secondary N) is 1. The Hall–Kier alpha value is -3.48. The van der Waals surface area contributed by atoms with E-state index in [2.05, 4.69) is 10.3 Å². The average molecular weight is 393 g/mol. The Morgan fingerprint density at radius 1 is 1.14 bits per heavy atom. The second-order valence-corrected chi connectivity index (χ2v) is 6.63. The van der Waals surface area contributed by atoms with Crippen molar-refractivity contribution in [2.45, 2.75) is 33.4 Å². The molecule has 0 unspecified atom stereocenters. The lowest BCUT2D eigenvalue weighted by atomic mass is 10.1. The Bertz CT molecular complexity index is 1090. The molecule has 7 nitrogen and oxygen atoms in total. The fraction of sp³-hybridized carbons (Fsp3) is 0.273. The number of nitrogens with zero attached hydrogens (tertiary/aromatic N) is 2. The number of hydrogen-bond acceptors (Lipinski definition) is 5. The zero-order valence-corrected chi connectivity index (χ0v) is 16.5. The number of benzene rings is 1. The van der Waals surface area contributed by atoms with Gasteiger partial charge in [0, 0.05) is 25.0 Å². The molecule has 1 amide bonds. The van der Waals surface area contributed by atoms with Gasteiger partial charge in [0.25, 0.3) is 5.91 Å². The molecule has 1 N–H and O–H groups in total. The lowest BCUT2D eigenvalue weighted by Gasteiger charge is -2.11. The molecule has 1 aromatic carbocycles. The number of esters is 1. The summed E-state index contributed by atoms with van der Waals surface area (Å²) in [6, 6.07) is 12.8. The van der Waals surface area contributed by atoms with Crippen molar-refractivity contribution in [3.63, 3.8) is 0 Å². The van der Waals surface area contributed by atoms with Crippen LogP contribution in [0.4, 0.5) is 0 Å². The van der Waals surface area contributed by atoms with Crippen LogP contribution in [0.25, 0.3) is 11.0 Å². The molecule has 0 bridgehead atoms. The van der Waals surface area contributed by atoms with E-state index in [0.29, 0.717) is 17.6 Å². The van der Waals surface area contributed by atoms with Gasteiger partial charge in [-0.1, -0.05) is 30.3 Å². The number of amides is 1. The number of aryl methyl sites for hydroxylation is 2. The first kappa shape index (κ1) is 20.3. The van der Waals surface area contributed by atoms with E-state index in [1.165, 1.54) is 6.20 Å². The first-order valence-corrected chi connectivity index (χ1v) is 9.48. The summed E-state index contributed by atoms with van der Waals surface area (Å²) in [6.07, 6.45) is 1.54. The van der Waals surface area contributed by atoms with Gasteiger partial charge in [0.1, 0.15) is 17.8 Å². The van der Waals surface area contributed by atoms with Gasteiger partial charge >= 0.3 is 5.97 Å². The molecule has 3 aromatic rings. The summed E-state index contributed by atoms with van der Waals surface area (Å²) < 4.78 is 6.95. The highest BCUT2D eigenvalue weighted by Gasteiger charge is 2.16. The van der Waals surface area contributed by atoms with Crippen LogP contribution in [0.15, 0.2) is 53.5 Å². The maximum absolute atomic E-state index is 12.7. The number of ether oxygens (including phenoxy) is 1. The van der Waals surface area contributed by atoms with Crippen molar-refractivity contribution < 1.29 is 14.3 Å². The fourth-order valence-electron chi connectivity index (χ4n) is 2.95. The number of aromatic nitrogens is 2. The van der Waals surface area contributed by atoms with E-state index in [0.717, 1.165) is 11.3 Å². The van der Waals surface area contributed by atoms with Crippen LogP contribution in [0, 0.1) is 6.92 Å². The third kappa shape index (κ3) is 4.87. The summed E-state index contributed by atoms with van der Waals surface area (Å²) in [5, 5.41) is 3.02. The lowest BCUT2D eigenvalue weighted by molar-refractivity contribution is -0.144. The Morgan fingerprint density at radius 2 is 1.90 bits per heavy atom. The van der Waals surface area contributed by atoms with Crippen molar-refractivity contribution in [3.05, 3.63) is 75.7 Å². The molecule has 0 saturated heterocycles. The van der Waals surface area contributed by atoms with Gasteiger partial charge in [-0.25, -0.2) is 4.98 Å². The van der Waals surface area contributed by atoms with Crippen LogP contribution in [0.3, 0.4) is 0 Å².